The van der Waals surface area contributed by atoms with Crippen molar-refractivity contribution >= 4 is 0 Å². The molecule has 0 amide bonds. The predicted molar refractivity (Wildman–Crippen MR) is 57.5 cm³/mol. The number of aromatic nitrogens is 2. The van der Waals surface area contributed by atoms with E-state index in [2.05, 4.69) is 11.2 Å². The van der Waals surface area contributed by atoms with Crippen molar-refractivity contribution in [2.24, 2.45) is 12.5 Å². The van der Waals surface area contributed by atoms with E-state index in [1.54, 1.807) is 4.68 Å². The average molecular weight is 217 g/mol. The second kappa shape index (κ2) is 3.33. The summed E-state index contributed by atoms with van der Waals surface area (Å²) in [7, 11) is 1.90. The van der Waals surface area contributed by atoms with Gasteiger partial charge in [0.05, 0.1) is 29.9 Å². The molecule has 84 valence electrons. The Hall–Kier alpha value is -1.34. The van der Waals surface area contributed by atoms with Gasteiger partial charge in [-0.15, -0.1) is 0 Å². The predicted octanol–water partition coefficient (Wildman–Crippen LogP) is 1.42. The van der Waals surface area contributed by atoms with Crippen molar-refractivity contribution in [1.29, 1.82) is 5.26 Å². The van der Waals surface area contributed by atoms with Crippen LogP contribution in [-0.4, -0.2) is 22.0 Å². The highest BCUT2D eigenvalue weighted by atomic mass is 16.5. The third-order valence-corrected chi connectivity index (χ3v) is 3.82. The molecule has 3 unspecified atom stereocenters. The zero-order valence-corrected chi connectivity index (χ0v) is 9.39. The van der Waals surface area contributed by atoms with Gasteiger partial charge in [0, 0.05) is 13.2 Å². The fourth-order valence-electron chi connectivity index (χ4n) is 3.07. The first-order valence-corrected chi connectivity index (χ1v) is 5.76. The molecule has 0 saturated carbocycles. The normalized spacial score (nSPS) is 36.5. The van der Waals surface area contributed by atoms with Crippen molar-refractivity contribution in [1.82, 2.24) is 9.78 Å². The maximum atomic E-state index is 9.45. The van der Waals surface area contributed by atoms with E-state index < -0.39 is 0 Å². The fourth-order valence-corrected chi connectivity index (χ4v) is 3.07. The van der Waals surface area contributed by atoms with E-state index >= 15 is 0 Å². The molecule has 1 aromatic rings. The third-order valence-electron chi connectivity index (χ3n) is 3.82. The van der Waals surface area contributed by atoms with Gasteiger partial charge in [-0.25, -0.2) is 0 Å². The van der Waals surface area contributed by atoms with E-state index in [0.717, 1.165) is 31.2 Å². The van der Waals surface area contributed by atoms with Crippen LogP contribution in [0.25, 0.3) is 0 Å². The third kappa shape index (κ3) is 1.35. The summed E-state index contributed by atoms with van der Waals surface area (Å²) in [5.74, 6) is 0. The van der Waals surface area contributed by atoms with Gasteiger partial charge >= 0.3 is 0 Å². The highest BCUT2D eigenvalue weighted by Gasteiger charge is 2.52. The van der Waals surface area contributed by atoms with Gasteiger partial charge in [-0.05, 0) is 31.2 Å². The first kappa shape index (κ1) is 9.86. The number of hydrogen-bond donors (Lipinski definition) is 0. The Morgan fingerprint density at radius 2 is 2.56 bits per heavy atom. The first-order chi connectivity index (χ1) is 7.72. The minimum Gasteiger partial charge on any atom is -0.373 e. The Balaban J connectivity index is 1.85. The molecule has 2 saturated heterocycles. The lowest BCUT2D eigenvalue weighted by atomic mass is 9.72. The summed E-state index contributed by atoms with van der Waals surface area (Å²) in [5.41, 5.74) is 0.839. The van der Waals surface area contributed by atoms with Crippen LogP contribution >= 0.6 is 0 Å². The quantitative estimate of drug-likeness (QED) is 0.752. The zero-order chi connectivity index (χ0) is 11.2. The summed E-state index contributed by atoms with van der Waals surface area (Å²) < 4.78 is 7.59. The molecule has 16 heavy (non-hydrogen) atoms. The van der Waals surface area contributed by atoms with Crippen LogP contribution in [0.1, 0.15) is 24.8 Å². The van der Waals surface area contributed by atoms with Gasteiger partial charge in [0.25, 0.3) is 0 Å². The van der Waals surface area contributed by atoms with Crippen LogP contribution in [0.3, 0.4) is 0 Å². The second-order valence-corrected chi connectivity index (χ2v) is 5.00. The molecule has 4 heteroatoms. The molecule has 3 atom stereocenters. The summed E-state index contributed by atoms with van der Waals surface area (Å²) in [6, 6.07) is 2.50. The Kier molecular flexibility index (Phi) is 2.05. The molecule has 2 fully saturated rings. The van der Waals surface area contributed by atoms with Gasteiger partial charge in [-0.1, -0.05) is 0 Å². The van der Waals surface area contributed by atoms with Gasteiger partial charge in [0.15, 0.2) is 0 Å². The number of fused-ring (bicyclic) bond motifs is 2. The van der Waals surface area contributed by atoms with Crippen LogP contribution in [-0.2, 0) is 18.2 Å². The number of aryl methyl sites for hydroxylation is 1. The number of nitrogens with zero attached hydrogens (tertiary/aromatic N) is 3. The van der Waals surface area contributed by atoms with Crippen molar-refractivity contribution in [2.75, 3.05) is 0 Å². The van der Waals surface area contributed by atoms with Gasteiger partial charge in [0.2, 0.25) is 0 Å². The van der Waals surface area contributed by atoms with E-state index in [9.17, 15) is 5.26 Å². The molecule has 0 aliphatic carbocycles. The van der Waals surface area contributed by atoms with E-state index in [1.165, 1.54) is 0 Å². The van der Waals surface area contributed by atoms with Gasteiger partial charge in [-0.3, -0.25) is 4.68 Å². The Morgan fingerprint density at radius 3 is 3.06 bits per heavy atom. The zero-order valence-electron chi connectivity index (χ0n) is 9.39. The van der Waals surface area contributed by atoms with E-state index in [4.69, 9.17) is 4.74 Å². The van der Waals surface area contributed by atoms with Crippen LogP contribution in [0.15, 0.2) is 12.4 Å². The number of ether oxygens (including phenoxy) is 1. The number of nitriles is 1. The first-order valence-electron chi connectivity index (χ1n) is 5.76. The Labute approximate surface area is 94.8 Å². The minimum atomic E-state index is -0.300. The lowest BCUT2D eigenvalue weighted by Crippen LogP contribution is -2.33. The van der Waals surface area contributed by atoms with Crippen LogP contribution in [0.5, 0.6) is 0 Å². The fraction of sp³-hybridized carbons (Fsp3) is 0.667. The number of hydrogen-bond acceptors (Lipinski definition) is 3. The number of rotatable bonds is 2. The molecule has 0 aromatic carbocycles. The van der Waals surface area contributed by atoms with E-state index in [-0.39, 0.29) is 11.5 Å². The summed E-state index contributed by atoms with van der Waals surface area (Å²) >= 11 is 0. The second-order valence-electron chi connectivity index (χ2n) is 5.00. The summed E-state index contributed by atoms with van der Waals surface area (Å²) in [5, 5.41) is 13.6. The lowest BCUT2D eigenvalue weighted by molar-refractivity contribution is 0.0787. The van der Waals surface area contributed by atoms with Gasteiger partial charge in [-0.2, -0.15) is 10.4 Å². The molecule has 0 N–H and O–H groups in total. The molecular weight excluding hydrogens is 202 g/mol. The highest BCUT2D eigenvalue weighted by molar-refractivity contribution is 5.19. The molecule has 3 rings (SSSR count). The van der Waals surface area contributed by atoms with E-state index in [1.807, 2.05) is 19.4 Å². The molecule has 0 spiro atoms. The maximum Gasteiger partial charge on any atom is 0.0900 e. The van der Waals surface area contributed by atoms with Crippen LogP contribution < -0.4 is 0 Å². The molecular formula is C12H15N3O. The maximum absolute atomic E-state index is 9.45. The Morgan fingerprint density at radius 1 is 1.69 bits per heavy atom. The largest absolute Gasteiger partial charge is 0.373 e. The van der Waals surface area contributed by atoms with Crippen molar-refractivity contribution in [2.45, 2.75) is 37.9 Å². The van der Waals surface area contributed by atoms with E-state index in [0.29, 0.717) is 6.10 Å². The van der Waals surface area contributed by atoms with Crippen molar-refractivity contribution in [3.05, 3.63) is 18.0 Å². The summed E-state index contributed by atoms with van der Waals surface area (Å²) in [6.45, 7) is 0. The molecule has 2 aliphatic rings. The molecule has 4 nitrogen and oxygen atoms in total. The standard InChI is InChI=1S/C12H15N3O/c1-15-7-9(6-14-15)4-12(8-13)5-10-2-3-11(12)16-10/h6-7,10-11H,2-5H2,1H3. The van der Waals surface area contributed by atoms with Gasteiger partial charge in [0.1, 0.15) is 0 Å². The van der Waals surface area contributed by atoms with Crippen LogP contribution in [0.4, 0.5) is 0 Å². The average Bonchev–Trinajstić information content (AvgIpc) is 2.94. The summed E-state index contributed by atoms with van der Waals surface area (Å²) in [4.78, 5) is 0. The van der Waals surface area contributed by atoms with Crippen LogP contribution in [0, 0.1) is 16.7 Å². The molecule has 3 heterocycles. The highest BCUT2D eigenvalue weighted by Crippen LogP contribution is 2.49. The molecule has 2 bridgehead atoms. The molecule has 1 aromatic heterocycles. The minimum absolute atomic E-state index is 0.141. The van der Waals surface area contributed by atoms with Crippen molar-refractivity contribution in [3.63, 3.8) is 0 Å². The molecule has 2 aliphatic heterocycles. The van der Waals surface area contributed by atoms with Crippen molar-refractivity contribution < 1.29 is 4.74 Å². The molecule has 0 radical (unpaired) electrons. The lowest BCUT2D eigenvalue weighted by Gasteiger charge is -2.27. The van der Waals surface area contributed by atoms with Crippen LogP contribution in [0.2, 0.25) is 0 Å². The monoisotopic (exact) mass is 217 g/mol. The van der Waals surface area contributed by atoms with Crippen molar-refractivity contribution in [3.8, 4) is 6.07 Å². The Bertz CT molecular complexity index is 447. The van der Waals surface area contributed by atoms with Gasteiger partial charge < -0.3 is 4.74 Å². The SMILES string of the molecule is Cn1cc(CC2(C#N)CC3CCC2O3)cn1. The smallest absolute Gasteiger partial charge is 0.0900 e. The topological polar surface area (TPSA) is 50.8 Å². The summed E-state index contributed by atoms with van der Waals surface area (Å²) in [6.07, 6.45) is 8.14.